The predicted octanol–water partition coefficient (Wildman–Crippen LogP) is 1.47. The topological polar surface area (TPSA) is 67.5 Å². The first-order valence-corrected chi connectivity index (χ1v) is 4.77. The number of nitrogens with two attached hydrogens (primary N) is 1. The summed E-state index contributed by atoms with van der Waals surface area (Å²) in [6.07, 6.45) is 6.66. The van der Waals surface area contributed by atoms with Crippen molar-refractivity contribution in [3.63, 3.8) is 0 Å². The van der Waals surface area contributed by atoms with Gasteiger partial charge < -0.3 is 5.73 Å². The van der Waals surface area contributed by atoms with Crippen molar-refractivity contribution in [2.45, 2.75) is 32.6 Å². The summed E-state index contributed by atoms with van der Waals surface area (Å²) in [4.78, 5) is 10.3. The Kier molecular flexibility index (Phi) is 3.73. The number of carbonyl (C=O) groups is 1. The van der Waals surface area contributed by atoms with Crippen molar-refractivity contribution in [1.29, 1.82) is 0 Å². The molecule has 4 heteroatoms. The van der Waals surface area contributed by atoms with Gasteiger partial charge >= 0.3 is 6.03 Å². The monoisotopic (exact) mass is 183 g/mol. The third-order valence-corrected chi connectivity index (χ3v) is 2.52. The van der Waals surface area contributed by atoms with E-state index in [9.17, 15) is 4.79 Å². The van der Waals surface area contributed by atoms with Crippen molar-refractivity contribution in [2.24, 2.45) is 22.7 Å². The van der Waals surface area contributed by atoms with Gasteiger partial charge in [0.15, 0.2) is 0 Å². The zero-order valence-corrected chi connectivity index (χ0v) is 7.99. The fourth-order valence-corrected chi connectivity index (χ4v) is 1.64. The molecule has 1 rings (SSSR count). The molecule has 1 saturated carbocycles. The lowest BCUT2D eigenvalue weighted by molar-refractivity contribution is 0.249. The third kappa shape index (κ3) is 3.92. The average Bonchev–Trinajstić information content (AvgIpc) is 2.08. The summed E-state index contributed by atoms with van der Waals surface area (Å²) in [7, 11) is 0. The SMILES string of the molecule is CC1CCC(C=NNC(N)=O)CC1. The van der Waals surface area contributed by atoms with Crippen molar-refractivity contribution < 1.29 is 4.79 Å². The lowest BCUT2D eigenvalue weighted by atomic mass is 9.84. The quantitative estimate of drug-likeness (QED) is 0.494. The van der Waals surface area contributed by atoms with Crippen LogP contribution in [-0.4, -0.2) is 12.2 Å². The number of carbonyl (C=O) groups excluding carboxylic acids is 1. The summed E-state index contributed by atoms with van der Waals surface area (Å²) in [5.41, 5.74) is 7.08. The van der Waals surface area contributed by atoms with Crippen LogP contribution in [0.15, 0.2) is 5.10 Å². The van der Waals surface area contributed by atoms with Crippen LogP contribution in [0, 0.1) is 11.8 Å². The minimum absolute atomic E-state index is 0.517. The first-order chi connectivity index (χ1) is 6.18. The Morgan fingerprint density at radius 1 is 1.46 bits per heavy atom. The molecule has 0 saturated heterocycles. The van der Waals surface area contributed by atoms with E-state index in [1.807, 2.05) is 0 Å². The number of rotatable bonds is 2. The molecule has 3 N–H and O–H groups in total. The molecule has 0 bridgehead atoms. The highest BCUT2D eigenvalue weighted by atomic mass is 16.2. The van der Waals surface area contributed by atoms with Crippen LogP contribution in [-0.2, 0) is 0 Å². The van der Waals surface area contributed by atoms with E-state index in [0.29, 0.717) is 5.92 Å². The van der Waals surface area contributed by atoms with Crippen molar-refractivity contribution in [3.05, 3.63) is 0 Å². The molecule has 0 aromatic carbocycles. The van der Waals surface area contributed by atoms with Gasteiger partial charge in [-0.1, -0.05) is 19.8 Å². The second-order valence-corrected chi connectivity index (χ2v) is 3.77. The highest BCUT2D eigenvalue weighted by Gasteiger charge is 2.16. The maximum Gasteiger partial charge on any atom is 0.332 e. The fraction of sp³-hybridized carbons (Fsp3) is 0.778. The van der Waals surface area contributed by atoms with E-state index in [1.165, 1.54) is 25.7 Å². The lowest BCUT2D eigenvalue weighted by Crippen LogP contribution is -2.25. The molecule has 74 valence electrons. The zero-order valence-electron chi connectivity index (χ0n) is 7.99. The Morgan fingerprint density at radius 2 is 2.08 bits per heavy atom. The van der Waals surface area contributed by atoms with Gasteiger partial charge in [-0.05, 0) is 24.7 Å². The summed E-state index contributed by atoms with van der Waals surface area (Å²) in [5.74, 6) is 1.36. The van der Waals surface area contributed by atoms with Crippen LogP contribution in [0.3, 0.4) is 0 Å². The second kappa shape index (κ2) is 4.84. The summed E-state index contributed by atoms with van der Waals surface area (Å²) >= 11 is 0. The molecule has 1 fully saturated rings. The number of hydrogen-bond donors (Lipinski definition) is 2. The molecule has 1 aliphatic carbocycles. The Labute approximate surface area is 78.6 Å². The largest absolute Gasteiger partial charge is 0.350 e. The highest BCUT2D eigenvalue weighted by Crippen LogP contribution is 2.26. The number of nitrogens with one attached hydrogen (secondary N) is 1. The van der Waals surface area contributed by atoms with Crippen molar-refractivity contribution >= 4 is 12.2 Å². The molecule has 0 spiro atoms. The molecule has 0 aliphatic heterocycles. The van der Waals surface area contributed by atoms with Gasteiger partial charge in [0.25, 0.3) is 0 Å². The van der Waals surface area contributed by atoms with Crippen LogP contribution in [0.25, 0.3) is 0 Å². The van der Waals surface area contributed by atoms with Gasteiger partial charge in [0.2, 0.25) is 0 Å². The zero-order chi connectivity index (χ0) is 9.68. The van der Waals surface area contributed by atoms with E-state index in [4.69, 9.17) is 5.73 Å². The summed E-state index contributed by atoms with van der Waals surface area (Å²) < 4.78 is 0. The molecule has 0 aromatic heterocycles. The first kappa shape index (κ1) is 10.0. The maximum absolute atomic E-state index is 10.3. The van der Waals surface area contributed by atoms with Gasteiger partial charge in [-0.25, -0.2) is 10.2 Å². The molecule has 0 radical (unpaired) electrons. The van der Waals surface area contributed by atoms with E-state index < -0.39 is 6.03 Å². The smallest absolute Gasteiger partial charge is 0.332 e. The van der Waals surface area contributed by atoms with Crippen molar-refractivity contribution in [1.82, 2.24) is 5.43 Å². The average molecular weight is 183 g/mol. The third-order valence-electron chi connectivity index (χ3n) is 2.52. The summed E-state index contributed by atoms with van der Waals surface area (Å²) in [5, 5.41) is 3.77. The molecule has 4 nitrogen and oxygen atoms in total. The van der Waals surface area contributed by atoms with E-state index in [2.05, 4.69) is 17.5 Å². The van der Waals surface area contributed by atoms with Crippen LogP contribution in [0.2, 0.25) is 0 Å². The first-order valence-electron chi connectivity index (χ1n) is 4.77. The highest BCUT2D eigenvalue weighted by molar-refractivity contribution is 5.73. The number of primary amides is 1. The number of urea groups is 1. The Hall–Kier alpha value is -1.06. The van der Waals surface area contributed by atoms with Crippen molar-refractivity contribution in [2.75, 3.05) is 0 Å². The van der Waals surface area contributed by atoms with Gasteiger partial charge in [0.1, 0.15) is 0 Å². The van der Waals surface area contributed by atoms with E-state index in [0.717, 1.165) is 5.92 Å². The van der Waals surface area contributed by atoms with Crippen LogP contribution >= 0.6 is 0 Å². The Balaban J connectivity index is 2.22. The van der Waals surface area contributed by atoms with Crippen molar-refractivity contribution in [3.8, 4) is 0 Å². The normalized spacial score (nSPS) is 29.0. The fourth-order valence-electron chi connectivity index (χ4n) is 1.64. The van der Waals surface area contributed by atoms with E-state index in [-0.39, 0.29) is 0 Å². The molecule has 13 heavy (non-hydrogen) atoms. The van der Waals surface area contributed by atoms with E-state index in [1.54, 1.807) is 6.21 Å². The maximum atomic E-state index is 10.3. The van der Waals surface area contributed by atoms with Crippen LogP contribution in [0.1, 0.15) is 32.6 Å². The molecule has 2 amide bonds. The predicted molar refractivity (Wildman–Crippen MR) is 52.3 cm³/mol. The molecular weight excluding hydrogens is 166 g/mol. The van der Waals surface area contributed by atoms with Crippen LogP contribution in [0.4, 0.5) is 4.79 Å². The summed E-state index contributed by atoms with van der Waals surface area (Å²) in [6.45, 7) is 2.27. The van der Waals surface area contributed by atoms with Gasteiger partial charge in [-0.3, -0.25) is 0 Å². The minimum atomic E-state index is -0.597. The number of amides is 2. The second-order valence-electron chi connectivity index (χ2n) is 3.77. The standard InChI is InChI=1S/C9H17N3O/c1-7-2-4-8(5-3-7)6-11-12-9(10)13/h6-8H,2-5H2,1H3,(H3,10,12,13). The molecule has 0 aromatic rings. The Morgan fingerprint density at radius 3 is 2.62 bits per heavy atom. The molecule has 0 atom stereocenters. The molecular formula is C9H17N3O. The minimum Gasteiger partial charge on any atom is -0.350 e. The number of hydrazone groups is 1. The van der Waals surface area contributed by atoms with Crippen LogP contribution < -0.4 is 11.2 Å². The van der Waals surface area contributed by atoms with Gasteiger partial charge in [0.05, 0.1) is 0 Å². The molecule has 1 aliphatic rings. The summed E-state index contributed by atoms with van der Waals surface area (Å²) in [6, 6.07) is -0.597. The number of nitrogens with zero attached hydrogens (tertiary/aromatic N) is 1. The molecule has 0 unspecified atom stereocenters. The van der Waals surface area contributed by atoms with Crippen LogP contribution in [0.5, 0.6) is 0 Å². The van der Waals surface area contributed by atoms with Gasteiger partial charge in [-0.2, -0.15) is 5.10 Å². The van der Waals surface area contributed by atoms with Gasteiger partial charge in [-0.15, -0.1) is 0 Å². The Bertz CT molecular complexity index is 195. The lowest BCUT2D eigenvalue weighted by Gasteiger charge is -2.22. The van der Waals surface area contributed by atoms with Gasteiger partial charge in [0, 0.05) is 6.21 Å². The molecule has 0 heterocycles. The van der Waals surface area contributed by atoms with E-state index >= 15 is 0 Å². The number of hydrogen-bond acceptors (Lipinski definition) is 2.